The van der Waals surface area contributed by atoms with E-state index >= 15 is 0 Å². The van der Waals surface area contributed by atoms with E-state index in [0.717, 1.165) is 0 Å². The maximum Gasteiger partial charge on any atom is 0.311 e. The van der Waals surface area contributed by atoms with E-state index in [1.807, 2.05) is 0 Å². The Morgan fingerprint density at radius 3 is 2.64 bits per heavy atom. The van der Waals surface area contributed by atoms with Crippen molar-refractivity contribution >= 4 is 17.6 Å². The fourth-order valence-electron chi connectivity index (χ4n) is 2.84. The predicted octanol–water partition coefficient (Wildman–Crippen LogP) is 4.16. The number of carbonyl (C=O) groups is 1. The number of halogens is 1. The van der Waals surface area contributed by atoms with Crippen LogP contribution in [-0.2, 0) is 4.79 Å². The number of nitroso groups, excluding NO2 is 1. The van der Waals surface area contributed by atoms with Gasteiger partial charge in [-0.25, -0.2) is 0 Å². The average Bonchev–Trinajstić information content (AvgIpc) is 2.62. The predicted molar refractivity (Wildman–Crippen MR) is 81.7 cm³/mol. The third-order valence-corrected chi connectivity index (χ3v) is 4.02. The fourth-order valence-corrected chi connectivity index (χ4v) is 3.02. The summed E-state index contributed by atoms with van der Waals surface area (Å²) in [4.78, 5) is 22.7. The minimum absolute atomic E-state index is 0.150. The van der Waals surface area contributed by atoms with Crippen molar-refractivity contribution < 1.29 is 14.6 Å². The van der Waals surface area contributed by atoms with Crippen molar-refractivity contribution in [2.75, 3.05) is 6.54 Å². The van der Waals surface area contributed by atoms with Crippen molar-refractivity contribution in [2.24, 2.45) is 5.18 Å². The Labute approximate surface area is 131 Å². The van der Waals surface area contributed by atoms with Gasteiger partial charge in [0.1, 0.15) is 11.5 Å². The number of ether oxygens (including phenoxy) is 1. The Morgan fingerprint density at radius 2 is 1.91 bits per heavy atom. The zero-order chi connectivity index (χ0) is 15.7. The maximum absolute atomic E-state index is 11.8. The van der Waals surface area contributed by atoms with Crippen molar-refractivity contribution in [1.82, 2.24) is 0 Å². The number of aliphatic carboxylic acids is 1. The summed E-state index contributed by atoms with van der Waals surface area (Å²) in [6.45, 7) is -0.150. The normalized spacial score (nSPS) is 19.3. The number of benzene rings is 2. The van der Waals surface area contributed by atoms with Gasteiger partial charge < -0.3 is 9.84 Å². The molecule has 1 N–H and O–H groups in total. The molecule has 0 aliphatic carbocycles. The highest BCUT2D eigenvalue weighted by molar-refractivity contribution is 6.30. The molecule has 0 saturated heterocycles. The van der Waals surface area contributed by atoms with Crippen molar-refractivity contribution in [1.29, 1.82) is 0 Å². The molecule has 0 fully saturated rings. The van der Waals surface area contributed by atoms with E-state index in [1.165, 1.54) is 0 Å². The minimum Gasteiger partial charge on any atom is -0.481 e. The molecule has 0 bridgehead atoms. The number of hydrogen-bond donors (Lipinski definition) is 1. The van der Waals surface area contributed by atoms with Gasteiger partial charge >= 0.3 is 5.97 Å². The zero-order valence-electron chi connectivity index (χ0n) is 11.4. The summed E-state index contributed by atoms with van der Waals surface area (Å²) in [7, 11) is 0. The number of carboxylic acids is 1. The highest BCUT2D eigenvalue weighted by atomic mass is 35.5. The smallest absolute Gasteiger partial charge is 0.311 e. The molecule has 0 saturated carbocycles. The highest BCUT2D eigenvalue weighted by Crippen LogP contribution is 2.47. The van der Waals surface area contributed by atoms with Crippen molar-refractivity contribution in [3.05, 3.63) is 63.5 Å². The van der Waals surface area contributed by atoms with Crippen LogP contribution < -0.4 is 4.74 Å². The van der Waals surface area contributed by atoms with Gasteiger partial charge in [0.15, 0.2) is 0 Å². The van der Waals surface area contributed by atoms with Crippen LogP contribution >= 0.6 is 11.6 Å². The first kappa shape index (κ1) is 14.5. The van der Waals surface area contributed by atoms with Gasteiger partial charge in [0.2, 0.25) is 0 Å². The van der Waals surface area contributed by atoms with Gasteiger partial charge in [-0.1, -0.05) is 35.0 Å². The molecule has 0 radical (unpaired) electrons. The van der Waals surface area contributed by atoms with Crippen LogP contribution in [0.4, 0.5) is 0 Å². The van der Waals surface area contributed by atoms with E-state index in [1.54, 1.807) is 42.5 Å². The lowest BCUT2D eigenvalue weighted by Gasteiger charge is -2.20. The van der Waals surface area contributed by atoms with E-state index < -0.39 is 17.8 Å². The highest BCUT2D eigenvalue weighted by Gasteiger charge is 2.37. The van der Waals surface area contributed by atoms with Crippen LogP contribution in [0.15, 0.2) is 47.6 Å². The molecule has 5 nitrogen and oxygen atoms in total. The molecule has 0 spiro atoms. The number of hydrogen-bond acceptors (Lipinski definition) is 4. The molecular formula is C16H12ClNO4. The molecule has 1 heterocycles. The van der Waals surface area contributed by atoms with Gasteiger partial charge in [0, 0.05) is 22.1 Å². The Hall–Kier alpha value is -2.40. The van der Waals surface area contributed by atoms with Crippen LogP contribution in [0, 0.1) is 4.91 Å². The first-order chi connectivity index (χ1) is 10.6. The minimum atomic E-state index is -1.04. The molecule has 0 aromatic heterocycles. The Balaban J connectivity index is 2.26. The second-order valence-electron chi connectivity index (χ2n) is 5.06. The second kappa shape index (κ2) is 5.77. The van der Waals surface area contributed by atoms with Crippen LogP contribution in [0.3, 0.4) is 0 Å². The lowest BCUT2D eigenvalue weighted by molar-refractivity contribution is -0.139. The van der Waals surface area contributed by atoms with Gasteiger partial charge in [-0.2, -0.15) is 4.91 Å². The molecule has 1 aliphatic rings. The Bertz CT molecular complexity index is 747. The molecule has 0 unspecified atom stereocenters. The monoisotopic (exact) mass is 317 g/mol. The van der Waals surface area contributed by atoms with Crippen LogP contribution in [0.5, 0.6) is 11.5 Å². The summed E-state index contributed by atoms with van der Waals surface area (Å²) in [5.74, 6) is -1.64. The third-order valence-electron chi connectivity index (χ3n) is 3.78. The molecule has 6 heteroatoms. The lowest BCUT2D eigenvalue weighted by Crippen LogP contribution is -2.21. The van der Waals surface area contributed by atoms with Crippen LogP contribution in [-0.4, -0.2) is 17.6 Å². The van der Waals surface area contributed by atoms with Crippen LogP contribution in [0.1, 0.15) is 23.0 Å². The Morgan fingerprint density at radius 1 is 1.18 bits per heavy atom. The SMILES string of the molecule is O=NC[C@H]1c2ccccc2Oc2ccc(Cl)cc2[C@@H]1C(=O)O. The van der Waals surface area contributed by atoms with Gasteiger partial charge in [-0.3, -0.25) is 4.79 Å². The quantitative estimate of drug-likeness (QED) is 0.862. The number of fused-ring (bicyclic) bond motifs is 2. The summed E-state index contributed by atoms with van der Waals surface area (Å²) in [5.41, 5.74) is 1.10. The standard InChI is InChI=1S/C16H12ClNO4/c17-9-5-6-14-11(7-9)15(16(19)20)12(8-18-21)10-3-1-2-4-13(10)22-14/h1-7,12,15H,8H2,(H,19,20)/t12-,15-/m0/s1. The first-order valence-corrected chi connectivity index (χ1v) is 7.07. The first-order valence-electron chi connectivity index (χ1n) is 6.70. The maximum atomic E-state index is 11.8. The largest absolute Gasteiger partial charge is 0.481 e. The average molecular weight is 318 g/mol. The number of nitrogens with zero attached hydrogens (tertiary/aromatic N) is 1. The fraction of sp³-hybridized carbons (Fsp3) is 0.188. The topological polar surface area (TPSA) is 76.0 Å². The zero-order valence-corrected chi connectivity index (χ0v) is 12.2. The van der Waals surface area contributed by atoms with Gasteiger partial charge in [-0.15, -0.1) is 0 Å². The van der Waals surface area contributed by atoms with E-state index in [-0.39, 0.29) is 6.54 Å². The number of para-hydroxylation sites is 1. The summed E-state index contributed by atoms with van der Waals surface area (Å²) in [6, 6.07) is 11.9. The van der Waals surface area contributed by atoms with Crippen LogP contribution in [0.2, 0.25) is 5.02 Å². The molecular weight excluding hydrogens is 306 g/mol. The number of rotatable bonds is 3. The van der Waals surface area contributed by atoms with Crippen LogP contribution in [0.25, 0.3) is 0 Å². The van der Waals surface area contributed by atoms with Gasteiger partial charge in [0.25, 0.3) is 0 Å². The lowest BCUT2D eigenvalue weighted by atomic mass is 9.81. The van der Waals surface area contributed by atoms with Crippen molar-refractivity contribution in [2.45, 2.75) is 11.8 Å². The summed E-state index contributed by atoms with van der Waals surface area (Å²) >= 11 is 6.00. The molecule has 0 amide bonds. The van der Waals surface area contributed by atoms with E-state index in [9.17, 15) is 14.8 Å². The molecule has 2 atom stereocenters. The Kier molecular flexibility index (Phi) is 3.81. The van der Waals surface area contributed by atoms with Crippen molar-refractivity contribution in [3.63, 3.8) is 0 Å². The molecule has 22 heavy (non-hydrogen) atoms. The molecule has 2 aromatic carbocycles. The molecule has 3 rings (SSSR count). The van der Waals surface area contributed by atoms with Gasteiger partial charge in [0.05, 0.1) is 12.5 Å². The summed E-state index contributed by atoms with van der Waals surface area (Å²) in [6.07, 6.45) is 0. The summed E-state index contributed by atoms with van der Waals surface area (Å²) < 4.78 is 5.85. The molecule has 2 aromatic rings. The third kappa shape index (κ3) is 2.44. The molecule has 112 valence electrons. The summed E-state index contributed by atoms with van der Waals surface area (Å²) in [5, 5.41) is 13.0. The van der Waals surface area contributed by atoms with Crippen molar-refractivity contribution in [3.8, 4) is 11.5 Å². The second-order valence-corrected chi connectivity index (χ2v) is 5.49. The number of carboxylic acid groups (broad SMARTS) is 1. The van der Waals surface area contributed by atoms with E-state index in [2.05, 4.69) is 5.18 Å². The van der Waals surface area contributed by atoms with Gasteiger partial charge in [-0.05, 0) is 24.3 Å². The van der Waals surface area contributed by atoms with E-state index in [0.29, 0.717) is 27.6 Å². The molecule has 1 aliphatic heterocycles. The van der Waals surface area contributed by atoms with E-state index in [4.69, 9.17) is 16.3 Å².